The van der Waals surface area contributed by atoms with Crippen molar-refractivity contribution in [2.75, 3.05) is 33.5 Å². The minimum absolute atomic E-state index is 0.405. The lowest BCUT2D eigenvalue weighted by Crippen LogP contribution is -2.36. The van der Waals surface area contributed by atoms with Crippen molar-refractivity contribution in [3.8, 4) is 0 Å². The molecule has 0 bridgehead atoms. The summed E-state index contributed by atoms with van der Waals surface area (Å²) in [5.74, 6) is 0. The Balaban J connectivity index is 2.31. The van der Waals surface area contributed by atoms with Crippen molar-refractivity contribution < 1.29 is 9.47 Å². The largest absolute Gasteiger partial charge is 0.382 e. The van der Waals surface area contributed by atoms with Crippen LogP contribution in [0.5, 0.6) is 0 Å². The van der Waals surface area contributed by atoms with E-state index in [1.807, 2.05) is 0 Å². The molecule has 0 amide bonds. The van der Waals surface area contributed by atoms with E-state index in [0.29, 0.717) is 19.3 Å². The van der Waals surface area contributed by atoms with Crippen LogP contribution in [0.2, 0.25) is 0 Å². The highest BCUT2D eigenvalue weighted by Gasteiger charge is 2.15. The quantitative estimate of drug-likeness (QED) is 0.509. The third-order valence-corrected chi connectivity index (χ3v) is 2.94. The molecule has 16 heavy (non-hydrogen) atoms. The van der Waals surface area contributed by atoms with Crippen LogP contribution in [0, 0.1) is 0 Å². The lowest BCUT2D eigenvalue weighted by Gasteiger charge is -2.24. The van der Waals surface area contributed by atoms with Crippen LogP contribution in [-0.4, -0.2) is 39.5 Å². The second-order valence-electron chi connectivity index (χ2n) is 4.20. The molecule has 1 atom stereocenters. The van der Waals surface area contributed by atoms with E-state index in [9.17, 15) is 0 Å². The van der Waals surface area contributed by atoms with Crippen LogP contribution in [0.4, 0.5) is 0 Å². The number of methoxy groups -OCH3 is 1. The van der Waals surface area contributed by atoms with Gasteiger partial charge in [0.25, 0.3) is 0 Å². The lowest BCUT2D eigenvalue weighted by molar-refractivity contribution is 0.0627. The maximum atomic E-state index is 5.61. The Morgan fingerprint density at radius 3 is 2.88 bits per heavy atom. The van der Waals surface area contributed by atoms with E-state index in [1.54, 1.807) is 7.11 Å². The number of ether oxygens (including phenoxy) is 2. The molecule has 0 aromatic heterocycles. The molecule has 1 unspecified atom stereocenters. The maximum Gasteiger partial charge on any atom is 0.0701 e. The summed E-state index contributed by atoms with van der Waals surface area (Å²) in [4.78, 5) is 0. The molecule has 0 saturated carbocycles. The Morgan fingerprint density at radius 2 is 2.25 bits per heavy atom. The molecule has 1 aliphatic rings. The smallest absolute Gasteiger partial charge is 0.0701 e. The fourth-order valence-corrected chi connectivity index (χ4v) is 2.07. The van der Waals surface area contributed by atoms with Crippen molar-refractivity contribution in [1.29, 1.82) is 0 Å². The average Bonchev–Trinajstić information content (AvgIpc) is 2.34. The van der Waals surface area contributed by atoms with E-state index in [1.165, 1.54) is 31.3 Å². The van der Waals surface area contributed by atoms with Crippen molar-refractivity contribution in [1.82, 2.24) is 5.32 Å². The topological polar surface area (TPSA) is 30.5 Å². The first-order chi connectivity index (χ1) is 7.88. The zero-order valence-electron chi connectivity index (χ0n) is 10.6. The summed E-state index contributed by atoms with van der Waals surface area (Å²) in [6, 6.07) is 0.405. The summed E-state index contributed by atoms with van der Waals surface area (Å²) < 4.78 is 10.6. The highest BCUT2D eigenvalue weighted by atomic mass is 16.5. The molecule has 0 saturated heterocycles. The Bertz CT molecular complexity index is 204. The number of rotatable bonds is 8. The minimum Gasteiger partial charge on any atom is -0.382 e. The molecular weight excluding hydrogens is 202 g/mol. The summed E-state index contributed by atoms with van der Waals surface area (Å²) in [6.07, 6.45) is 7.51. The fourth-order valence-electron chi connectivity index (χ4n) is 2.07. The van der Waals surface area contributed by atoms with Crippen LogP contribution < -0.4 is 5.32 Å². The number of likely N-dealkylation sites (N-methyl/N-ethyl adjacent to an activating group) is 1. The van der Waals surface area contributed by atoms with Crippen molar-refractivity contribution in [3.05, 3.63) is 11.6 Å². The van der Waals surface area contributed by atoms with E-state index in [-0.39, 0.29) is 0 Å². The summed E-state index contributed by atoms with van der Waals surface area (Å²) in [5, 5.41) is 3.50. The van der Waals surface area contributed by atoms with Crippen LogP contribution in [0.1, 0.15) is 32.6 Å². The highest BCUT2D eigenvalue weighted by molar-refractivity contribution is 5.13. The van der Waals surface area contributed by atoms with Gasteiger partial charge in [0.2, 0.25) is 0 Å². The maximum absolute atomic E-state index is 5.61. The molecule has 0 spiro atoms. The third-order valence-electron chi connectivity index (χ3n) is 2.94. The molecule has 0 heterocycles. The fraction of sp³-hybridized carbons (Fsp3) is 0.846. The van der Waals surface area contributed by atoms with Crippen molar-refractivity contribution >= 4 is 0 Å². The van der Waals surface area contributed by atoms with E-state index in [4.69, 9.17) is 9.47 Å². The van der Waals surface area contributed by atoms with Gasteiger partial charge in [-0.25, -0.2) is 0 Å². The molecule has 1 N–H and O–H groups in total. The number of allylic oxidation sites excluding steroid dienone is 1. The molecule has 0 aromatic rings. The number of hydrogen-bond donors (Lipinski definition) is 1. The molecular formula is C13H25NO2. The van der Waals surface area contributed by atoms with Gasteiger partial charge < -0.3 is 14.8 Å². The molecule has 3 heteroatoms. The van der Waals surface area contributed by atoms with Gasteiger partial charge >= 0.3 is 0 Å². The highest BCUT2D eigenvalue weighted by Crippen LogP contribution is 2.20. The normalized spacial score (nSPS) is 18.2. The van der Waals surface area contributed by atoms with Crippen LogP contribution in [0.15, 0.2) is 11.6 Å². The first-order valence-corrected chi connectivity index (χ1v) is 6.37. The van der Waals surface area contributed by atoms with Crippen LogP contribution in [0.3, 0.4) is 0 Å². The summed E-state index contributed by atoms with van der Waals surface area (Å²) in [7, 11) is 1.70. The second-order valence-corrected chi connectivity index (χ2v) is 4.20. The number of hydrogen-bond acceptors (Lipinski definition) is 3. The van der Waals surface area contributed by atoms with Gasteiger partial charge in [0, 0.05) is 7.11 Å². The molecule has 1 rings (SSSR count). The molecule has 94 valence electrons. The van der Waals surface area contributed by atoms with Gasteiger partial charge in [0.1, 0.15) is 0 Å². The van der Waals surface area contributed by atoms with Gasteiger partial charge in [-0.2, -0.15) is 0 Å². The van der Waals surface area contributed by atoms with Gasteiger partial charge in [-0.1, -0.05) is 18.6 Å². The molecule has 3 nitrogen and oxygen atoms in total. The van der Waals surface area contributed by atoms with Gasteiger partial charge in [-0.3, -0.25) is 0 Å². The van der Waals surface area contributed by atoms with Gasteiger partial charge in [-0.05, 0) is 32.2 Å². The van der Waals surface area contributed by atoms with E-state index in [2.05, 4.69) is 18.3 Å². The summed E-state index contributed by atoms with van der Waals surface area (Å²) in [5.41, 5.74) is 1.53. The van der Waals surface area contributed by atoms with Crippen LogP contribution in [0.25, 0.3) is 0 Å². The Hall–Kier alpha value is -0.380. The van der Waals surface area contributed by atoms with Gasteiger partial charge in [0.05, 0.1) is 25.9 Å². The van der Waals surface area contributed by atoms with Crippen LogP contribution >= 0.6 is 0 Å². The van der Waals surface area contributed by atoms with Gasteiger partial charge in [0.15, 0.2) is 0 Å². The first kappa shape index (κ1) is 13.7. The Morgan fingerprint density at radius 1 is 1.38 bits per heavy atom. The van der Waals surface area contributed by atoms with E-state index < -0.39 is 0 Å². The molecule has 0 radical (unpaired) electrons. The molecule has 0 aromatic carbocycles. The zero-order chi connectivity index (χ0) is 11.6. The Labute approximate surface area is 99.2 Å². The monoisotopic (exact) mass is 227 g/mol. The Kier molecular flexibility index (Phi) is 7.47. The molecule has 0 aliphatic heterocycles. The minimum atomic E-state index is 0.405. The SMILES string of the molecule is CCNC(COCCOC)C1=CCCCC1. The summed E-state index contributed by atoms with van der Waals surface area (Å²) in [6.45, 7) is 5.27. The predicted octanol–water partition coefficient (Wildman–Crippen LogP) is 2.13. The number of nitrogens with one attached hydrogen (secondary N) is 1. The first-order valence-electron chi connectivity index (χ1n) is 6.37. The van der Waals surface area contributed by atoms with Crippen molar-refractivity contribution in [2.45, 2.75) is 38.6 Å². The predicted molar refractivity (Wildman–Crippen MR) is 66.7 cm³/mol. The van der Waals surface area contributed by atoms with E-state index >= 15 is 0 Å². The standard InChI is InChI=1S/C13H25NO2/c1-3-14-13(11-16-10-9-15-2)12-7-5-4-6-8-12/h7,13-14H,3-6,8-11H2,1-2H3. The van der Waals surface area contributed by atoms with Crippen molar-refractivity contribution in [2.24, 2.45) is 0 Å². The zero-order valence-corrected chi connectivity index (χ0v) is 10.6. The van der Waals surface area contributed by atoms with Crippen molar-refractivity contribution in [3.63, 3.8) is 0 Å². The molecule has 0 fully saturated rings. The summed E-state index contributed by atoms with van der Waals surface area (Å²) >= 11 is 0. The van der Waals surface area contributed by atoms with Crippen LogP contribution in [-0.2, 0) is 9.47 Å². The third kappa shape index (κ3) is 5.10. The van der Waals surface area contributed by atoms with Gasteiger partial charge in [-0.15, -0.1) is 0 Å². The molecule has 1 aliphatic carbocycles. The second kappa shape index (κ2) is 8.74. The average molecular weight is 227 g/mol. The lowest BCUT2D eigenvalue weighted by atomic mass is 9.94. The van der Waals surface area contributed by atoms with E-state index in [0.717, 1.165) is 13.2 Å².